The smallest absolute Gasteiger partial charge is 0.346 e. The number of hydrogen-bond donors (Lipinski definition) is 4. The highest BCUT2D eigenvalue weighted by molar-refractivity contribution is 14.0. The fourth-order valence-corrected chi connectivity index (χ4v) is 16.1. The largest absolute Gasteiger partial charge is 0.478 e. The summed E-state index contributed by atoms with van der Waals surface area (Å²) in [6, 6.07) is 35.9. The lowest BCUT2D eigenvalue weighted by atomic mass is 9.66. The maximum Gasteiger partial charge on any atom is 0.346 e. The Kier molecular flexibility index (Phi) is 14.3. The molecule has 14 rings (SSSR count). The van der Waals surface area contributed by atoms with Crippen molar-refractivity contribution in [3.05, 3.63) is 235 Å². The molecule has 2 spiro atoms. The zero-order chi connectivity index (χ0) is 60.7. The molecule has 436 valence electrons. The van der Waals surface area contributed by atoms with E-state index in [1.54, 1.807) is 60.7 Å². The molecule has 6 aliphatic rings. The molecule has 24 heteroatoms. The normalized spacial score (nSPS) is 15.4. The van der Waals surface area contributed by atoms with E-state index in [9.17, 15) is 85.2 Å². The van der Waals surface area contributed by atoms with E-state index in [0.29, 0.717) is 33.4 Å². The number of cyclic esters (lactones) is 4. The molecule has 0 saturated carbocycles. The van der Waals surface area contributed by atoms with Gasteiger partial charge in [-0.1, -0.05) is 80.2 Å². The molecule has 4 N–H and O–H groups in total. The number of benzene rings is 8. The molecular formula is C63H39IO21S2. The Hall–Kier alpha value is -10.3. The van der Waals surface area contributed by atoms with Gasteiger partial charge in [-0.3, -0.25) is 9.59 Å². The van der Waals surface area contributed by atoms with E-state index >= 15 is 0 Å². The maximum atomic E-state index is 13.8. The van der Waals surface area contributed by atoms with Gasteiger partial charge >= 0.3 is 59.7 Å². The van der Waals surface area contributed by atoms with Crippen LogP contribution in [0.2, 0.25) is 0 Å². The summed E-state index contributed by atoms with van der Waals surface area (Å²) in [5, 5.41) is 39.5. The number of aromatic carboxylic acids is 4. The van der Waals surface area contributed by atoms with Gasteiger partial charge in [0.25, 0.3) is 0 Å². The first-order valence-electron chi connectivity index (χ1n) is 25.1. The Morgan fingerprint density at radius 2 is 0.586 bits per heavy atom. The van der Waals surface area contributed by atoms with Crippen molar-refractivity contribution in [2.75, 3.05) is 0 Å². The minimum atomic E-state index is -4.09. The second-order valence-corrected chi connectivity index (χ2v) is 23.7. The predicted octanol–water partition coefficient (Wildman–Crippen LogP) is 9.16. The lowest BCUT2D eigenvalue weighted by Gasteiger charge is -2.39. The standard InChI is InChI=1S/C29H16O10S.C29H12O8S.C4H6O3.CH4.HI/c30-25(31)15-9-13-14-10-16(26(32)33)18(28(36)37)12-22(14)29(21(13)11-17(15)27(34)35)19-5-1-3-7-23(19)40(38,39)24-8-4-2-6-20(24)29;30-25-15-9-13-14-10-16-18(28(33)37-26(16)31)12-22(14)29(21(13)11-17(15)27(32)36-25)19-5-1-3-7-23(19)38(34,35)24-8-4-2-6-20(24)29;1-3(5)7-4(2)6;;/h1-12H,(H,30,31)(H,32,33)(H,34,35)(H,36,37);1-12H;1-2H3;1H4;1H. The van der Waals surface area contributed by atoms with Crippen molar-refractivity contribution in [1.29, 1.82) is 0 Å². The number of carbonyl (C=O) groups is 10. The quantitative estimate of drug-likeness (QED) is 0.0552. The molecule has 0 fully saturated rings. The van der Waals surface area contributed by atoms with Gasteiger partial charge in [0.1, 0.15) is 0 Å². The van der Waals surface area contributed by atoms with Crippen molar-refractivity contribution in [2.24, 2.45) is 0 Å². The molecule has 8 aromatic carbocycles. The summed E-state index contributed by atoms with van der Waals surface area (Å²) in [7, 11) is -8.01. The van der Waals surface area contributed by atoms with Gasteiger partial charge in [-0.15, -0.1) is 24.0 Å². The van der Waals surface area contributed by atoms with E-state index in [-0.39, 0.29) is 107 Å². The zero-order valence-electron chi connectivity index (χ0n) is 43.8. The van der Waals surface area contributed by atoms with E-state index in [1.807, 2.05) is 0 Å². The molecular weight excluding hydrogens is 1280 g/mol. The number of sulfone groups is 2. The summed E-state index contributed by atoms with van der Waals surface area (Å²) in [6.45, 7) is 2.36. The molecule has 0 aromatic heterocycles. The third kappa shape index (κ3) is 8.36. The van der Waals surface area contributed by atoms with Crippen molar-refractivity contribution >= 4 is 103 Å². The molecule has 21 nitrogen and oxygen atoms in total. The number of carboxylic acids is 4. The Labute approximate surface area is 508 Å². The molecule has 0 saturated heterocycles. The Balaban J connectivity index is 0.000000170. The average Bonchev–Trinajstić information content (AvgIpc) is 1.59. The fourth-order valence-electron chi connectivity index (χ4n) is 12.5. The molecule has 0 radical (unpaired) electrons. The molecule has 0 amide bonds. The first-order chi connectivity index (χ1) is 40.3. The van der Waals surface area contributed by atoms with Gasteiger partial charge in [-0.05, 0) is 140 Å². The van der Waals surface area contributed by atoms with Crippen molar-refractivity contribution in [3.63, 3.8) is 0 Å². The summed E-state index contributed by atoms with van der Waals surface area (Å²) in [5.74, 6) is -10.5. The Morgan fingerprint density at radius 1 is 0.356 bits per heavy atom. The highest BCUT2D eigenvalue weighted by Crippen LogP contribution is 2.64. The zero-order valence-corrected chi connectivity index (χ0v) is 47.8. The molecule has 4 heterocycles. The second-order valence-electron chi connectivity index (χ2n) is 19.9. The third-order valence-electron chi connectivity index (χ3n) is 15.6. The maximum absolute atomic E-state index is 13.8. The van der Waals surface area contributed by atoms with Crippen molar-refractivity contribution in [1.82, 2.24) is 0 Å². The van der Waals surface area contributed by atoms with E-state index < -0.39 is 112 Å². The topological polar surface area (TPSA) is 348 Å². The van der Waals surface area contributed by atoms with Crippen LogP contribution in [0.3, 0.4) is 0 Å². The van der Waals surface area contributed by atoms with Crippen LogP contribution in [0.4, 0.5) is 0 Å². The molecule has 0 unspecified atom stereocenters. The summed E-state index contributed by atoms with van der Waals surface area (Å²) >= 11 is 0. The number of carboxylic acid groups (broad SMARTS) is 4. The van der Waals surface area contributed by atoms with Crippen molar-refractivity contribution in [2.45, 2.75) is 51.7 Å². The van der Waals surface area contributed by atoms with Crippen LogP contribution in [0.5, 0.6) is 0 Å². The van der Waals surface area contributed by atoms with Gasteiger partial charge < -0.3 is 34.6 Å². The van der Waals surface area contributed by atoms with Crippen LogP contribution in [0, 0.1) is 0 Å². The Bertz CT molecular complexity index is 4560. The first-order valence-corrected chi connectivity index (χ1v) is 28.0. The molecule has 2 aliphatic carbocycles. The van der Waals surface area contributed by atoms with Crippen LogP contribution in [-0.2, 0) is 54.3 Å². The van der Waals surface area contributed by atoms with E-state index in [1.165, 1.54) is 74.5 Å². The molecule has 0 bridgehead atoms. The van der Waals surface area contributed by atoms with Crippen LogP contribution in [0.25, 0.3) is 22.3 Å². The third-order valence-corrected chi connectivity index (χ3v) is 19.3. The van der Waals surface area contributed by atoms with E-state index in [2.05, 4.69) is 4.74 Å². The first kappa shape index (κ1) is 59.8. The average molecular weight is 1320 g/mol. The molecule has 87 heavy (non-hydrogen) atoms. The minimum absolute atomic E-state index is 0. The van der Waals surface area contributed by atoms with Crippen LogP contribution >= 0.6 is 24.0 Å². The monoisotopic (exact) mass is 1320 g/mol. The summed E-state index contributed by atoms with van der Waals surface area (Å²) in [4.78, 5) is 118. The number of ether oxygens (including phenoxy) is 3. The number of rotatable bonds is 4. The van der Waals surface area contributed by atoms with Gasteiger partial charge in [0.2, 0.25) is 19.7 Å². The number of halogens is 1. The van der Waals surface area contributed by atoms with Crippen LogP contribution in [-0.4, -0.2) is 97.0 Å². The van der Waals surface area contributed by atoms with E-state index in [0.717, 1.165) is 24.3 Å². The van der Waals surface area contributed by atoms with E-state index in [4.69, 9.17) is 9.47 Å². The molecule has 8 aromatic rings. The summed E-state index contributed by atoms with van der Waals surface area (Å²) < 4.78 is 68.8. The lowest BCUT2D eigenvalue weighted by molar-refractivity contribution is -0.156. The summed E-state index contributed by atoms with van der Waals surface area (Å²) in [5.41, 5.74) is -0.947. The highest BCUT2D eigenvalue weighted by Gasteiger charge is 2.57. The number of esters is 6. The van der Waals surface area contributed by atoms with Crippen LogP contribution in [0.1, 0.15) is 149 Å². The fraction of sp³-hybridized carbons (Fsp3) is 0.0794. The highest BCUT2D eigenvalue weighted by atomic mass is 127. The number of fused-ring (bicyclic) bond motifs is 20. The van der Waals surface area contributed by atoms with Crippen molar-refractivity contribution in [3.8, 4) is 22.3 Å². The summed E-state index contributed by atoms with van der Waals surface area (Å²) in [6.07, 6.45) is 0. The number of hydrogen-bond acceptors (Lipinski definition) is 17. The van der Waals surface area contributed by atoms with Crippen molar-refractivity contribution < 1.29 is 99.4 Å². The van der Waals surface area contributed by atoms with Gasteiger partial charge in [0, 0.05) is 13.8 Å². The number of carbonyl (C=O) groups excluding carboxylic acids is 6. The predicted molar refractivity (Wildman–Crippen MR) is 310 cm³/mol. The van der Waals surface area contributed by atoms with Crippen LogP contribution in [0.15, 0.2) is 165 Å². The minimum Gasteiger partial charge on any atom is -0.478 e. The Morgan fingerprint density at radius 3 is 0.839 bits per heavy atom. The van der Waals surface area contributed by atoms with Gasteiger partial charge in [0.05, 0.1) is 74.9 Å². The SMILES string of the molecule is C.CC(=O)OC(C)=O.I.O=C(O)c1cc2c(cc1C(=O)O)C1(c3cc(C(=O)O)c(C(=O)O)cc3-2)c2ccccc2S(=O)(=O)c2ccccc21.O=C1OC(=O)c2cc3c(cc21)-c1cc2c(cc1C31c3ccccc3S(=O)(=O)c3ccccc31)C(=O)OC2=O. The van der Waals surface area contributed by atoms with Crippen LogP contribution < -0.4 is 0 Å². The molecule has 4 aliphatic heterocycles. The van der Waals surface area contributed by atoms with Gasteiger partial charge in [0.15, 0.2) is 0 Å². The lowest BCUT2D eigenvalue weighted by Crippen LogP contribution is -2.36. The van der Waals surface area contributed by atoms with Gasteiger partial charge in [-0.25, -0.2) is 55.2 Å². The molecule has 0 atom stereocenters. The second kappa shape index (κ2) is 20.7. The van der Waals surface area contributed by atoms with Gasteiger partial charge in [-0.2, -0.15) is 0 Å².